The van der Waals surface area contributed by atoms with Crippen molar-refractivity contribution >= 4 is 11.7 Å². The maximum atomic E-state index is 13.2. The van der Waals surface area contributed by atoms with Crippen molar-refractivity contribution in [3.05, 3.63) is 84.2 Å². The molecule has 2 aromatic rings. The molecule has 0 bridgehead atoms. The van der Waals surface area contributed by atoms with Crippen molar-refractivity contribution in [1.82, 2.24) is 5.32 Å². The third-order valence-electron chi connectivity index (χ3n) is 7.82. The summed E-state index contributed by atoms with van der Waals surface area (Å²) >= 11 is 0. The van der Waals surface area contributed by atoms with Crippen molar-refractivity contribution < 1.29 is 35.9 Å². The monoisotopic (exact) mass is 638 g/mol. The number of pyridine rings is 1. The number of carbonyl (C=O) groups is 2. The van der Waals surface area contributed by atoms with Gasteiger partial charge in [0, 0.05) is 12.1 Å². The number of hydrogen-bond acceptors (Lipinski definition) is 3. The minimum absolute atomic E-state index is 0. The molecule has 1 amide bonds. The normalized spacial score (nSPS) is 15.7. The van der Waals surface area contributed by atoms with Crippen LogP contribution in [0.5, 0.6) is 5.75 Å². The summed E-state index contributed by atoms with van der Waals surface area (Å²) in [4.78, 5) is 25.6. The number of rotatable bonds is 20. The summed E-state index contributed by atoms with van der Waals surface area (Å²) in [6.07, 6.45) is 28.7. The molecule has 0 aliphatic heterocycles. The second-order valence-electron chi connectivity index (χ2n) is 11.5. The average molecular weight is 640 g/mol. The number of allylic oxidation sites excluding steroid dienone is 2. The first-order valence-electron chi connectivity index (χ1n) is 15.9. The van der Waals surface area contributed by atoms with Crippen LogP contribution in [0.1, 0.15) is 113 Å². The lowest BCUT2D eigenvalue weighted by molar-refractivity contribution is -0.703. The summed E-state index contributed by atoms with van der Waals surface area (Å²) in [5, 5.41) is 3.26. The summed E-state index contributed by atoms with van der Waals surface area (Å²) < 4.78 is 8.10. The van der Waals surface area contributed by atoms with Crippen LogP contribution in [0.4, 0.5) is 0 Å². The molecule has 0 spiro atoms. The predicted molar refractivity (Wildman–Crippen MR) is 167 cm³/mol. The molecular formula is C36H51BrN2O3. The zero-order chi connectivity index (χ0) is 29.2. The van der Waals surface area contributed by atoms with Crippen LogP contribution in [0.3, 0.4) is 0 Å². The Morgan fingerprint density at radius 1 is 0.881 bits per heavy atom. The van der Waals surface area contributed by atoms with Crippen molar-refractivity contribution in [1.29, 1.82) is 0 Å². The smallest absolute Gasteiger partial charge is 0.225 e. The highest BCUT2D eigenvalue weighted by Crippen LogP contribution is 2.23. The van der Waals surface area contributed by atoms with Gasteiger partial charge in [0.15, 0.2) is 24.7 Å². The molecule has 6 heteroatoms. The second-order valence-corrected chi connectivity index (χ2v) is 11.5. The van der Waals surface area contributed by atoms with E-state index < -0.39 is 5.54 Å². The van der Waals surface area contributed by atoms with Crippen molar-refractivity contribution in [3.8, 4) is 5.75 Å². The molecule has 0 saturated heterocycles. The highest BCUT2D eigenvalue weighted by atomic mass is 79.9. The van der Waals surface area contributed by atoms with Gasteiger partial charge in [0.1, 0.15) is 11.3 Å². The number of Topliss-reactive ketones (excluding diaryl/α,β-unsaturated/α-hetero) is 1. The number of nitrogens with one attached hydrogen (secondary N) is 1. The average Bonchev–Trinajstić information content (AvgIpc) is 2.96. The molecule has 1 aliphatic rings. The maximum absolute atomic E-state index is 13.2. The van der Waals surface area contributed by atoms with E-state index in [1.54, 1.807) is 6.92 Å². The Morgan fingerprint density at radius 2 is 1.52 bits per heavy atom. The number of ketones is 1. The van der Waals surface area contributed by atoms with Crippen molar-refractivity contribution in [2.75, 3.05) is 6.61 Å². The molecule has 1 aliphatic carbocycles. The SMILES string of the molecule is CCCCCCCCCCCCCCOc1ccc(CC(=O)NC2(C[n+]3ccccc3)C=CC=CC2)cc1C(C)=O.[Br-]. The van der Waals surface area contributed by atoms with Gasteiger partial charge in [-0.15, -0.1) is 0 Å². The summed E-state index contributed by atoms with van der Waals surface area (Å²) in [5.41, 5.74) is 0.867. The van der Waals surface area contributed by atoms with E-state index in [0.29, 0.717) is 24.5 Å². The Bertz CT molecular complexity index is 1130. The first kappa shape index (κ1) is 35.5. The molecule has 0 radical (unpaired) electrons. The summed E-state index contributed by atoms with van der Waals surface area (Å²) in [6, 6.07) is 11.5. The van der Waals surface area contributed by atoms with E-state index in [1.165, 1.54) is 64.2 Å². The van der Waals surface area contributed by atoms with Gasteiger partial charge in [-0.1, -0.05) is 114 Å². The molecule has 1 atom stereocenters. The van der Waals surface area contributed by atoms with Gasteiger partial charge in [-0.2, -0.15) is 0 Å². The molecule has 5 nitrogen and oxygen atoms in total. The number of nitrogens with zero attached hydrogens (tertiary/aromatic N) is 1. The highest BCUT2D eigenvalue weighted by molar-refractivity contribution is 5.97. The number of benzene rings is 1. The number of hydrogen-bond donors (Lipinski definition) is 1. The van der Waals surface area contributed by atoms with Gasteiger partial charge in [0.05, 0.1) is 18.6 Å². The number of amides is 1. The van der Waals surface area contributed by atoms with Crippen LogP contribution in [0.15, 0.2) is 73.1 Å². The summed E-state index contributed by atoms with van der Waals surface area (Å²) in [7, 11) is 0. The first-order valence-corrected chi connectivity index (χ1v) is 15.9. The number of halogens is 1. The number of carbonyl (C=O) groups excluding carboxylic acids is 2. The molecule has 1 aromatic carbocycles. The number of aromatic nitrogens is 1. The van der Waals surface area contributed by atoms with Gasteiger partial charge in [-0.25, -0.2) is 4.57 Å². The maximum Gasteiger partial charge on any atom is 0.225 e. The number of ether oxygens (including phenoxy) is 1. The zero-order valence-electron chi connectivity index (χ0n) is 25.8. The molecular weight excluding hydrogens is 588 g/mol. The quantitative estimate of drug-likeness (QED) is 0.128. The molecule has 42 heavy (non-hydrogen) atoms. The second kappa shape index (κ2) is 20.2. The van der Waals surface area contributed by atoms with Crippen LogP contribution in [0.2, 0.25) is 0 Å². The predicted octanol–water partition coefficient (Wildman–Crippen LogP) is 4.87. The summed E-state index contributed by atoms with van der Waals surface area (Å²) in [6.45, 7) is 5.07. The topological polar surface area (TPSA) is 59.3 Å². The molecule has 1 heterocycles. The largest absolute Gasteiger partial charge is 1.00 e. The van der Waals surface area contributed by atoms with E-state index in [2.05, 4.69) is 29.0 Å². The molecule has 0 fully saturated rings. The van der Waals surface area contributed by atoms with Gasteiger partial charge in [0.25, 0.3) is 0 Å². The fourth-order valence-corrected chi connectivity index (χ4v) is 5.50. The van der Waals surface area contributed by atoms with E-state index in [4.69, 9.17) is 4.74 Å². The van der Waals surface area contributed by atoms with E-state index in [9.17, 15) is 9.59 Å². The van der Waals surface area contributed by atoms with Gasteiger partial charge < -0.3 is 27.0 Å². The van der Waals surface area contributed by atoms with Crippen LogP contribution < -0.4 is 31.6 Å². The van der Waals surface area contributed by atoms with Crippen LogP contribution in [-0.2, 0) is 17.8 Å². The molecule has 3 rings (SSSR count). The van der Waals surface area contributed by atoms with Crippen molar-refractivity contribution in [3.63, 3.8) is 0 Å². The van der Waals surface area contributed by atoms with Crippen LogP contribution in [0.25, 0.3) is 0 Å². The van der Waals surface area contributed by atoms with E-state index in [-0.39, 0.29) is 35.1 Å². The van der Waals surface area contributed by atoms with Gasteiger partial charge in [-0.3, -0.25) is 9.59 Å². The van der Waals surface area contributed by atoms with E-state index in [0.717, 1.165) is 24.8 Å². The molecule has 1 N–H and O–H groups in total. The third kappa shape index (κ3) is 13.1. The van der Waals surface area contributed by atoms with Crippen molar-refractivity contribution in [2.45, 2.75) is 116 Å². The summed E-state index contributed by atoms with van der Waals surface area (Å²) in [5.74, 6) is 0.498. The molecule has 1 aromatic heterocycles. The Balaban J connectivity index is 0.00000616. The Labute approximate surface area is 264 Å². The Hall–Kier alpha value is -2.73. The Morgan fingerprint density at radius 3 is 2.12 bits per heavy atom. The minimum Gasteiger partial charge on any atom is -1.00 e. The molecule has 0 saturated carbocycles. The van der Waals surface area contributed by atoms with Crippen LogP contribution >= 0.6 is 0 Å². The zero-order valence-corrected chi connectivity index (χ0v) is 27.4. The lowest BCUT2D eigenvalue weighted by Gasteiger charge is -2.29. The Kier molecular flexibility index (Phi) is 17.1. The molecule has 1 unspecified atom stereocenters. The lowest BCUT2D eigenvalue weighted by atomic mass is 9.90. The third-order valence-corrected chi connectivity index (χ3v) is 7.82. The van der Waals surface area contributed by atoms with Crippen LogP contribution in [0, 0.1) is 0 Å². The fraction of sp³-hybridized carbons (Fsp3) is 0.528. The minimum atomic E-state index is -0.488. The lowest BCUT2D eigenvalue weighted by Crippen LogP contribution is -3.00. The standard InChI is InChI=1S/C36H50N2O3.BrH/c1-3-4-5-6-7-8-9-10-11-12-13-20-27-41-34-22-21-32(28-33(34)31(2)39)29-35(40)37-36(23-16-14-17-24-36)30-38-25-18-15-19-26-38;/h14-19,21-23,25-26,28H,3-13,20,24,27,29-30H2,1-2H3;1H. The van der Waals surface area contributed by atoms with E-state index in [1.807, 2.05) is 60.9 Å². The number of unbranched alkanes of at least 4 members (excludes halogenated alkanes) is 11. The van der Waals surface area contributed by atoms with Crippen molar-refractivity contribution in [2.24, 2.45) is 0 Å². The van der Waals surface area contributed by atoms with E-state index >= 15 is 0 Å². The van der Waals surface area contributed by atoms with Crippen LogP contribution in [-0.4, -0.2) is 23.8 Å². The van der Waals surface area contributed by atoms with Gasteiger partial charge >= 0.3 is 0 Å². The fourth-order valence-electron chi connectivity index (χ4n) is 5.50. The highest BCUT2D eigenvalue weighted by Gasteiger charge is 2.33. The first-order chi connectivity index (χ1) is 20.0. The van der Waals surface area contributed by atoms with Gasteiger partial charge in [-0.05, 0) is 37.5 Å². The molecule has 230 valence electrons. The van der Waals surface area contributed by atoms with Gasteiger partial charge in [0.2, 0.25) is 5.91 Å².